The number of ether oxygens (including phenoxy) is 1. The lowest BCUT2D eigenvalue weighted by Crippen LogP contribution is -2.45. The van der Waals surface area contributed by atoms with E-state index in [-0.39, 0.29) is 17.8 Å². The van der Waals surface area contributed by atoms with Crippen LogP contribution in [0.5, 0.6) is 0 Å². The third-order valence-corrected chi connectivity index (χ3v) is 4.18. The molecule has 1 aromatic heterocycles. The van der Waals surface area contributed by atoms with Crippen molar-refractivity contribution in [3.8, 4) is 11.4 Å². The van der Waals surface area contributed by atoms with Gasteiger partial charge in [0.15, 0.2) is 0 Å². The van der Waals surface area contributed by atoms with E-state index in [9.17, 15) is 9.18 Å². The van der Waals surface area contributed by atoms with E-state index in [1.165, 1.54) is 12.1 Å². The van der Waals surface area contributed by atoms with E-state index in [1.54, 1.807) is 24.1 Å². The molecule has 1 fully saturated rings. The number of likely N-dealkylation sites (tertiary alicyclic amines) is 1. The number of methoxy groups -OCH3 is 1. The number of aromatic nitrogens is 2. The average molecular weight is 348 g/mol. The number of rotatable bonds is 5. The van der Waals surface area contributed by atoms with Crippen LogP contribution in [0.2, 0.25) is 0 Å². The Labute approximate surface area is 145 Å². The molecule has 0 saturated carbocycles. The fourth-order valence-electron chi connectivity index (χ4n) is 2.85. The molecule has 134 valence electrons. The van der Waals surface area contributed by atoms with Crippen molar-refractivity contribution in [1.82, 2.24) is 20.4 Å². The highest BCUT2D eigenvalue weighted by atomic mass is 19.1. The topological polar surface area (TPSA) is 80.5 Å². The van der Waals surface area contributed by atoms with Crippen LogP contribution in [0.25, 0.3) is 11.4 Å². The molecule has 7 nitrogen and oxygen atoms in total. The first-order valence-electron chi connectivity index (χ1n) is 8.28. The zero-order valence-corrected chi connectivity index (χ0v) is 14.1. The van der Waals surface area contributed by atoms with Crippen molar-refractivity contribution < 1.29 is 18.4 Å². The van der Waals surface area contributed by atoms with E-state index in [0.717, 1.165) is 12.8 Å². The molecule has 25 heavy (non-hydrogen) atoms. The van der Waals surface area contributed by atoms with Gasteiger partial charge >= 0.3 is 6.03 Å². The number of hydrogen-bond acceptors (Lipinski definition) is 5. The largest absolute Gasteiger partial charge is 0.383 e. The normalized spacial score (nSPS) is 17.5. The zero-order valence-electron chi connectivity index (χ0n) is 14.1. The summed E-state index contributed by atoms with van der Waals surface area (Å²) in [6, 6.07) is 5.83. The molecule has 0 radical (unpaired) electrons. The van der Waals surface area contributed by atoms with Crippen LogP contribution in [-0.4, -0.2) is 54.4 Å². The molecule has 1 saturated heterocycles. The highest BCUT2D eigenvalue weighted by molar-refractivity contribution is 5.74. The maximum atomic E-state index is 13.0. The molecule has 0 spiro atoms. The number of urea groups is 1. The molecule has 1 aliphatic rings. The number of piperidine rings is 1. The van der Waals surface area contributed by atoms with Crippen LogP contribution in [0.4, 0.5) is 9.18 Å². The summed E-state index contributed by atoms with van der Waals surface area (Å²) in [5.41, 5.74) is 0.696. The van der Waals surface area contributed by atoms with Crippen molar-refractivity contribution in [3.05, 3.63) is 36.0 Å². The van der Waals surface area contributed by atoms with Gasteiger partial charge in [0.25, 0.3) is 0 Å². The lowest BCUT2D eigenvalue weighted by Gasteiger charge is -2.31. The standard InChI is InChI=1S/C17H21FN4O3/c1-24-10-8-19-17(23)22-9-2-3-13(11-22)16-20-15(21-25-16)12-4-6-14(18)7-5-12/h4-7,13H,2-3,8-11H2,1H3,(H,19,23)/t13-/m0/s1. The Kier molecular flexibility index (Phi) is 5.60. The molecule has 8 heteroatoms. The third-order valence-electron chi connectivity index (χ3n) is 4.18. The van der Waals surface area contributed by atoms with Crippen molar-refractivity contribution in [2.75, 3.05) is 33.4 Å². The van der Waals surface area contributed by atoms with Crippen LogP contribution in [0.3, 0.4) is 0 Å². The van der Waals surface area contributed by atoms with Crippen molar-refractivity contribution in [2.45, 2.75) is 18.8 Å². The molecule has 3 rings (SSSR count). The SMILES string of the molecule is COCCNC(=O)N1CCC[C@H](c2nc(-c3ccc(F)cc3)no2)C1. The Balaban J connectivity index is 1.63. The van der Waals surface area contributed by atoms with E-state index in [1.807, 2.05) is 0 Å². The number of halogens is 1. The molecule has 1 atom stereocenters. The van der Waals surface area contributed by atoms with Crippen molar-refractivity contribution in [2.24, 2.45) is 0 Å². The number of benzene rings is 1. The fraction of sp³-hybridized carbons (Fsp3) is 0.471. The maximum absolute atomic E-state index is 13.0. The molecule has 1 aliphatic heterocycles. The first-order valence-corrected chi connectivity index (χ1v) is 8.28. The van der Waals surface area contributed by atoms with Gasteiger partial charge in [0, 0.05) is 32.3 Å². The molecule has 0 aliphatic carbocycles. The minimum Gasteiger partial charge on any atom is -0.383 e. The molecule has 2 aromatic rings. The van der Waals surface area contributed by atoms with Gasteiger partial charge in [-0.3, -0.25) is 0 Å². The van der Waals surface area contributed by atoms with Gasteiger partial charge in [0.05, 0.1) is 12.5 Å². The molecular weight excluding hydrogens is 327 g/mol. The monoisotopic (exact) mass is 348 g/mol. The lowest BCUT2D eigenvalue weighted by molar-refractivity contribution is 0.163. The predicted molar refractivity (Wildman–Crippen MR) is 88.5 cm³/mol. The molecule has 1 aromatic carbocycles. The summed E-state index contributed by atoms with van der Waals surface area (Å²) in [6.45, 7) is 2.19. The quantitative estimate of drug-likeness (QED) is 0.839. The van der Waals surface area contributed by atoms with E-state index in [2.05, 4.69) is 15.5 Å². The van der Waals surface area contributed by atoms with Gasteiger partial charge in [-0.05, 0) is 37.1 Å². The maximum Gasteiger partial charge on any atom is 0.317 e. The predicted octanol–water partition coefficient (Wildman–Crippen LogP) is 2.41. The van der Waals surface area contributed by atoms with Gasteiger partial charge in [-0.25, -0.2) is 9.18 Å². The summed E-state index contributed by atoms with van der Waals surface area (Å²) in [4.78, 5) is 18.3. The number of nitrogens with zero attached hydrogens (tertiary/aromatic N) is 3. The van der Waals surface area contributed by atoms with Crippen molar-refractivity contribution in [3.63, 3.8) is 0 Å². The van der Waals surface area contributed by atoms with Crippen LogP contribution in [0.15, 0.2) is 28.8 Å². The molecule has 0 unspecified atom stereocenters. The van der Waals surface area contributed by atoms with Gasteiger partial charge in [0.2, 0.25) is 11.7 Å². The van der Waals surface area contributed by atoms with E-state index >= 15 is 0 Å². The molecule has 0 bridgehead atoms. The highest BCUT2D eigenvalue weighted by Crippen LogP contribution is 2.27. The number of hydrogen-bond donors (Lipinski definition) is 1. The molecular formula is C17H21FN4O3. The molecule has 2 amide bonds. The molecule has 1 N–H and O–H groups in total. The summed E-state index contributed by atoms with van der Waals surface area (Å²) < 4.78 is 23.3. The van der Waals surface area contributed by atoms with E-state index in [4.69, 9.17) is 9.26 Å². The van der Waals surface area contributed by atoms with E-state index in [0.29, 0.717) is 43.5 Å². The van der Waals surface area contributed by atoms with Crippen LogP contribution >= 0.6 is 0 Å². The Bertz CT molecular complexity index is 704. The third kappa shape index (κ3) is 4.33. The van der Waals surface area contributed by atoms with Gasteiger partial charge in [-0.15, -0.1) is 0 Å². The van der Waals surface area contributed by atoms with Crippen molar-refractivity contribution >= 4 is 6.03 Å². The Morgan fingerprint density at radius 1 is 1.44 bits per heavy atom. The Morgan fingerprint density at radius 2 is 2.24 bits per heavy atom. The number of carbonyl (C=O) groups excluding carboxylic acids is 1. The first-order chi connectivity index (χ1) is 12.2. The second-order valence-corrected chi connectivity index (χ2v) is 5.97. The van der Waals surface area contributed by atoms with Crippen LogP contribution in [0.1, 0.15) is 24.7 Å². The summed E-state index contributed by atoms with van der Waals surface area (Å²) >= 11 is 0. The minimum atomic E-state index is -0.310. The summed E-state index contributed by atoms with van der Waals surface area (Å²) in [6.07, 6.45) is 1.75. The Hall–Kier alpha value is -2.48. The zero-order chi connectivity index (χ0) is 17.6. The summed E-state index contributed by atoms with van der Waals surface area (Å²) in [7, 11) is 1.59. The second-order valence-electron chi connectivity index (χ2n) is 5.97. The number of amides is 2. The summed E-state index contributed by atoms with van der Waals surface area (Å²) in [5.74, 6) is 0.629. The van der Waals surface area contributed by atoms with Gasteiger partial charge in [-0.2, -0.15) is 4.98 Å². The lowest BCUT2D eigenvalue weighted by atomic mass is 9.98. The minimum absolute atomic E-state index is 0.00336. The Morgan fingerprint density at radius 3 is 3.00 bits per heavy atom. The van der Waals surface area contributed by atoms with Gasteiger partial charge in [0.1, 0.15) is 5.82 Å². The fourth-order valence-corrected chi connectivity index (χ4v) is 2.85. The number of carbonyl (C=O) groups is 1. The van der Waals surface area contributed by atoms with Crippen LogP contribution < -0.4 is 5.32 Å². The van der Waals surface area contributed by atoms with Crippen molar-refractivity contribution in [1.29, 1.82) is 0 Å². The van der Waals surface area contributed by atoms with E-state index < -0.39 is 0 Å². The first kappa shape index (κ1) is 17.3. The van der Waals surface area contributed by atoms with Gasteiger partial charge < -0.3 is 19.5 Å². The average Bonchev–Trinajstić information content (AvgIpc) is 3.13. The smallest absolute Gasteiger partial charge is 0.317 e. The molecule has 2 heterocycles. The second kappa shape index (κ2) is 8.06. The van der Waals surface area contributed by atoms with Gasteiger partial charge in [-0.1, -0.05) is 5.16 Å². The van der Waals surface area contributed by atoms with Crippen LogP contribution in [0, 0.1) is 5.82 Å². The van der Waals surface area contributed by atoms with Crippen LogP contribution in [-0.2, 0) is 4.74 Å². The highest BCUT2D eigenvalue weighted by Gasteiger charge is 2.28. The summed E-state index contributed by atoms with van der Waals surface area (Å²) in [5, 5.41) is 6.80. The number of nitrogens with one attached hydrogen (secondary N) is 1.